The van der Waals surface area contributed by atoms with E-state index < -0.39 is 0 Å². The molecule has 102 valence electrons. The summed E-state index contributed by atoms with van der Waals surface area (Å²) in [4.78, 5) is 13.3. The summed E-state index contributed by atoms with van der Waals surface area (Å²) >= 11 is 0. The first-order valence-corrected chi connectivity index (χ1v) is 7.28. The molecule has 1 aromatic rings. The highest BCUT2D eigenvalue weighted by Gasteiger charge is 2.24. The summed E-state index contributed by atoms with van der Waals surface area (Å²) in [7, 11) is 1.89. The van der Waals surface area contributed by atoms with E-state index in [4.69, 9.17) is 0 Å². The fourth-order valence-electron chi connectivity index (χ4n) is 2.81. The van der Waals surface area contributed by atoms with E-state index in [2.05, 4.69) is 29.6 Å². The predicted molar refractivity (Wildman–Crippen MR) is 75.9 cm³/mol. The standard InChI is InChI=1S/C16H22N2O/c1-18-11-15(7-8-16(18)19)17-10-12-3-2-4-14(9-12)13-5-6-13/h2-4,9,13,15,17H,5-8,10-11H2,1H3. The topological polar surface area (TPSA) is 32.3 Å². The summed E-state index contributed by atoms with van der Waals surface area (Å²) in [5.74, 6) is 1.09. The number of hydrogen-bond donors (Lipinski definition) is 1. The molecule has 19 heavy (non-hydrogen) atoms. The molecule has 0 bridgehead atoms. The van der Waals surface area contributed by atoms with E-state index in [1.165, 1.54) is 24.0 Å². The van der Waals surface area contributed by atoms with Crippen molar-refractivity contribution >= 4 is 5.91 Å². The predicted octanol–water partition coefficient (Wildman–Crippen LogP) is 2.27. The zero-order chi connectivity index (χ0) is 13.2. The SMILES string of the molecule is CN1CC(NCc2cccc(C3CC3)c2)CCC1=O. The van der Waals surface area contributed by atoms with E-state index in [1.807, 2.05) is 11.9 Å². The van der Waals surface area contributed by atoms with Crippen LogP contribution >= 0.6 is 0 Å². The minimum atomic E-state index is 0.272. The van der Waals surface area contributed by atoms with Crippen molar-refractivity contribution in [3.8, 4) is 0 Å². The second-order valence-corrected chi connectivity index (χ2v) is 5.91. The molecule has 1 aliphatic heterocycles. The van der Waals surface area contributed by atoms with E-state index in [0.29, 0.717) is 12.5 Å². The molecule has 1 heterocycles. The number of benzene rings is 1. The molecular weight excluding hydrogens is 236 g/mol. The lowest BCUT2D eigenvalue weighted by atomic mass is 10.0. The molecule has 2 aliphatic rings. The van der Waals surface area contributed by atoms with Gasteiger partial charge in [-0.3, -0.25) is 4.79 Å². The summed E-state index contributed by atoms with van der Waals surface area (Å²) in [6.07, 6.45) is 4.35. The normalized spacial score (nSPS) is 23.7. The fraction of sp³-hybridized carbons (Fsp3) is 0.562. The molecule has 1 saturated carbocycles. The molecular formula is C16H22N2O. The summed E-state index contributed by atoms with van der Waals surface area (Å²) in [5.41, 5.74) is 2.86. The van der Waals surface area contributed by atoms with Crippen LogP contribution in [0.3, 0.4) is 0 Å². The molecule has 3 nitrogen and oxygen atoms in total. The third kappa shape index (κ3) is 3.16. The highest BCUT2D eigenvalue weighted by molar-refractivity contribution is 5.76. The van der Waals surface area contributed by atoms with Gasteiger partial charge in [-0.05, 0) is 36.3 Å². The molecule has 1 saturated heterocycles. The van der Waals surface area contributed by atoms with Gasteiger partial charge in [0.15, 0.2) is 0 Å². The maximum atomic E-state index is 11.4. The Kier molecular flexibility index (Phi) is 3.56. The summed E-state index contributed by atoms with van der Waals surface area (Å²) < 4.78 is 0. The molecule has 1 N–H and O–H groups in total. The van der Waals surface area contributed by atoms with Crippen molar-refractivity contribution in [1.29, 1.82) is 0 Å². The van der Waals surface area contributed by atoms with Crippen LogP contribution in [0.4, 0.5) is 0 Å². The Morgan fingerprint density at radius 1 is 1.32 bits per heavy atom. The van der Waals surface area contributed by atoms with Gasteiger partial charge in [0.05, 0.1) is 0 Å². The van der Waals surface area contributed by atoms with Crippen molar-refractivity contribution in [2.24, 2.45) is 0 Å². The number of hydrogen-bond acceptors (Lipinski definition) is 2. The number of nitrogens with zero attached hydrogens (tertiary/aromatic N) is 1. The van der Waals surface area contributed by atoms with Crippen molar-refractivity contribution < 1.29 is 4.79 Å². The first kappa shape index (κ1) is 12.7. The van der Waals surface area contributed by atoms with Crippen LogP contribution in [-0.2, 0) is 11.3 Å². The first-order chi connectivity index (χ1) is 9.22. The second kappa shape index (κ2) is 5.33. The van der Waals surface area contributed by atoms with Gasteiger partial charge in [-0.1, -0.05) is 24.3 Å². The minimum Gasteiger partial charge on any atom is -0.344 e. The smallest absolute Gasteiger partial charge is 0.222 e. The Hall–Kier alpha value is -1.35. The van der Waals surface area contributed by atoms with E-state index in [9.17, 15) is 4.79 Å². The van der Waals surface area contributed by atoms with Crippen LogP contribution < -0.4 is 5.32 Å². The van der Waals surface area contributed by atoms with Crippen LogP contribution in [-0.4, -0.2) is 30.4 Å². The molecule has 1 aromatic carbocycles. The second-order valence-electron chi connectivity index (χ2n) is 5.91. The van der Waals surface area contributed by atoms with Gasteiger partial charge in [0.25, 0.3) is 0 Å². The number of carbonyl (C=O) groups excluding carboxylic acids is 1. The largest absolute Gasteiger partial charge is 0.344 e. The summed E-state index contributed by atoms with van der Waals surface area (Å²) in [6, 6.07) is 9.38. The molecule has 1 amide bonds. The Morgan fingerprint density at radius 3 is 2.89 bits per heavy atom. The van der Waals surface area contributed by atoms with Gasteiger partial charge in [-0.15, -0.1) is 0 Å². The molecule has 0 spiro atoms. The van der Waals surface area contributed by atoms with Gasteiger partial charge in [-0.25, -0.2) is 0 Å². The first-order valence-electron chi connectivity index (χ1n) is 7.28. The van der Waals surface area contributed by atoms with Crippen LogP contribution in [0.5, 0.6) is 0 Å². The lowest BCUT2D eigenvalue weighted by molar-refractivity contribution is -0.132. The van der Waals surface area contributed by atoms with E-state index in [-0.39, 0.29) is 5.91 Å². The van der Waals surface area contributed by atoms with Crippen molar-refractivity contribution in [3.63, 3.8) is 0 Å². The van der Waals surface area contributed by atoms with Gasteiger partial charge >= 0.3 is 0 Å². The third-order valence-corrected chi connectivity index (χ3v) is 4.22. The third-order valence-electron chi connectivity index (χ3n) is 4.22. The number of nitrogens with one attached hydrogen (secondary N) is 1. The Morgan fingerprint density at radius 2 is 2.16 bits per heavy atom. The molecule has 0 radical (unpaired) electrons. The van der Waals surface area contributed by atoms with E-state index in [0.717, 1.165) is 25.4 Å². The van der Waals surface area contributed by atoms with Crippen molar-refractivity contribution in [2.75, 3.05) is 13.6 Å². The van der Waals surface area contributed by atoms with Gasteiger partial charge in [0, 0.05) is 32.6 Å². The number of likely N-dealkylation sites (N-methyl/N-ethyl adjacent to an activating group) is 1. The highest BCUT2D eigenvalue weighted by atomic mass is 16.2. The zero-order valence-corrected chi connectivity index (χ0v) is 11.6. The van der Waals surface area contributed by atoms with Crippen LogP contribution in [0.25, 0.3) is 0 Å². The fourth-order valence-corrected chi connectivity index (χ4v) is 2.81. The number of piperidine rings is 1. The van der Waals surface area contributed by atoms with Gasteiger partial charge in [-0.2, -0.15) is 0 Å². The minimum absolute atomic E-state index is 0.272. The Balaban J connectivity index is 1.54. The summed E-state index contributed by atoms with van der Waals surface area (Å²) in [5, 5.41) is 3.58. The molecule has 3 rings (SSSR count). The van der Waals surface area contributed by atoms with E-state index in [1.54, 1.807) is 0 Å². The Labute approximate surface area is 115 Å². The van der Waals surface area contributed by atoms with E-state index >= 15 is 0 Å². The molecule has 3 heteroatoms. The molecule has 1 atom stereocenters. The molecule has 1 unspecified atom stereocenters. The zero-order valence-electron chi connectivity index (χ0n) is 11.6. The van der Waals surface area contributed by atoms with Gasteiger partial charge in [0.2, 0.25) is 5.91 Å². The number of rotatable bonds is 4. The molecule has 0 aromatic heterocycles. The lowest BCUT2D eigenvalue weighted by Gasteiger charge is -2.30. The monoisotopic (exact) mass is 258 g/mol. The maximum absolute atomic E-state index is 11.4. The van der Waals surface area contributed by atoms with Crippen molar-refractivity contribution in [2.45, 2.75) is 44.2 Å². The van der Waals surface area contributed by atoms with Gasteiger partial charge < -0.3 is 10.2 Å². The molecule has 1 aliphatic carbocycles. The number of likely N-dealkylation sites (tertiary alicyclic amines) is 1. The molecule has 2 fully saturated rings. The van der Waals surface area contributed by atoms with Crippen LogP contribution in [0.15, 0.2) is 24.3 Å². The number of carbonyl (C=O) groups is 1. The lowest BCUT2D eigenvalue weighted by Crippen LogP contribution is -2.46. The Bertz CT molecular complexity index is 468. The average molecular weight is 258 g/mol. The van der Waals surface area contributed by atoms with Crippen molar-refractivity contribution in [3.05, 3.63) is 35.4 Å². The number of amides is 1. The van der Waals surface area contributed by atoms with Crippen LogP contribution in [0.2, 0.25) is 0 Å². The van der Waals surface area contributed by atoms with Gasteiger partial charge in [0.1, 0.15) is 0 Å². The summed E-state index contributed by atoms with van der Waals surface area (Å²) in [6.45, 7) is 1.74. The quantitative estimate of drug-likeness (QED) is 0.898. The highest BCUT2D eigenvalue weighted by Crippen LogP contribution is 2.40. The van der Waals surface area contributed by atoms with Crippen LogP contribution in [0.1, 0.15) is 42.7 Å². The average Bonchev–Trinajstić information content (AvgIpc) is 3.25. The van der Waals surface area contributed by atoms with Crippen LogP contribution in [0, 0.1) is 0 Å². The van der Waals surface area contributed by atoms with Crippen molar-refractivity contribution in [1.82, 2.24) is 10.2 Å². The maximum Gasteiger partial charge on any atom is 0.222 e.